The quantitative estimate of drug-likeness (QED) is 0.867. The standard InChI is InChI=1S/C11H14F3NO/c1-16-10-6-2-5-9(11(12,13)14)8(10)4-3-7-15/h2,5-6H,3-4,7,15H2,1H3. The highest BCUT2D eigenvalue weighted by atomic mass is 19.4. The van der Waals surface area contributed by atoms with E-state index in [0.29, 0.717) is 13.0 Å². The predicted molar refractivity (Wildman–Crippen MR) is 55.4 cm³/mol. The highest BCUT2D eigenvalue weighted by Crippen LogP contribution is 2.36. The summed E-state index contributed by atoms with van der Waals surface area (Å²) < 4.78 is 43.1. The fourth-order valence-corrected chi connectivity index (χ4v) is 1.56. The van der Waals surface area contributed by atoms with Crippen LogP contribution in [0.25, 0.3) is 0 Å². The smallest absolute Gasteiger partial charge is 0.416 e. The summed E-state index contributed by atoms with van der Waals surface area (Å²) in [4.78, 5) is 0. The fourth-order valence-electron chi connectivity index (χ4n) is 1.56. The Morgan fingerprint density at radius 3 is 2.50 bits per heavy atom. The van der Waals surface area contributed by atoms with Gasteiger partial charge in [-0.3, -0.25) is 0 Å². The lowest BCUT2D eigenvalue weighted by Gasteiger charge is -2.15. The highest BCUT2D eigenvalue weighted by molar-refractivity contribution is 5.41. The van der Waals surface area contributed by atoms with Crippen molar-refractivity contribution in [1.82, 2.24) is 0 Å². The zero-order chi connectivity index (χ0) is 12.2. The molecule has 0 unspecified atom stereocenters. The van der Waals surface area contributed by atoms with Gasteiger partial charge in [-0.1, -0.05) is 6.07 Å². The maximum Gasteiger partial charge on any atom is 0.416 e. The molecule has 0 aliphatic carbocycles. The summed E-state index contributed by atoms with van der Waals surface area (Å²) in [5, 5.41) is 0. The number of halogens is 3. The van der Waals surface area contributed by atoms with Crippen LogP contribution in [0.1, 0.15) is 17.5 Å². The molecule has 0 saturated carbocycles. The lowest BCUT2D eigenvalue weighted by atomic mass is 10.0. The number of ether oxygens (including phenoxy) is 1. The molecule has 0 aliphatic rings. The summed E-state index contributed by atoms with van der Waals surface area (Å²) in [6.07, 6.45) is -3.57. The van der Waals surface area contributed by atoms with Gasteiger partial charge >= 0.3 is 6.18 Å². The van der Waals surface area contributed by atoms with Crippen LogP contribution in [0.2, 0.25) is 0 Å². The van der Waals surface area contributed by atoms with Gasteiger partial charge in [0, 0.05) is 5.56 Å². The van der Waals surface area contributed by atoms with Gasteiger partial charge in [0.2, 0.25) is 0 Å². The summed E-state index contributed by atoms with van der Waals surface area (Å²) in [5.41, 5.74) is 4.85. The molecule has 0 spiro atoms. The van der Waals surface area contributed by atoms with Gasteiger partial charge < -0.3 is 10.5 Å². The van der Waals surface area contributed by atoms with E-state index in [-0.39, 0.29) is 17.7 Å². The minimum absolute atomic E-state index is 0.183. The SMILES string of the molecule is COc1cccc(C(F)(F)F)c1CCCN. The van der Waals surface area contributed by atoms with Crippen LogP contribution in [0.3, 0.4) is 0 Å². The third-order valence-corrected chi connectivity index (χ3v) is 2.29. The van der Waals surface area contributed by atoms with Crippen LogP contribution < -0.4 is 10.5 Å². The molecule has 0 bridgehead atoms. The van der Waals surface area contributed by atoms with Crippen molar-refractivity contribution in [3.63, 3.8) is 0 Å². The van der Waals surface area contributed by atoms with Crippen molar-refractivity contribution in [1.29, 1.82) is 0 Å². The number of methoxy groups -OCH3 is 1. The molecule has 0 aliphatic heterocycles. The maximum atomic E-state index is 12.7. The van der Waals surface area contributed by atoms with Crippen molar-refractivity contribution in [3.8, 4) is 5.75 Å². The summed E-state index contributed by atoms with van der Waals surface area (Å²) >= 11 is 0. The first-order valence-corrected chi connectivity index (χ1v) is 4.94. The second-order valence-corrected chi connectivity index (χ2v) is 3.38. The summed E-state index contributed by atoms with van der Waals surface area (Å²) in [7, 11) is 1.36. The topological polar surface area (TPSA) is 35.2 Å². The van der Waals surface area contributed by atoms with E-state index in [1.165, 1.54) is 19.2 Å². The zero-order valence-electron chi connectivity index (χ0n) is 8.97. The Morgan fingerprint density at radius 1 is 1.31 bits per heavy atom. The molecule has 0 radical (unpaired) electrons. The maximum absolute atomic E-state index is 12.7. The highest BCUT2D eigenvalue weighted by Gasteiger charge is 2.34. The van der Waals surface area contributed by atoms with Gasteiger partial charge in [-0.2, -0.15) is 13.2 Å². The first-order valence-electron chi connectivity index (χ1n) is 4.94. The minimum atomic E-state index is -4.35. The molecule has 0 fully saturated rings. The molecule has 2 nitrogen and oxygen atoms in total. The van der Waals surface area contributed by atoms with Crippen LogP contribution in [0, 0.1) is 0 Å². The van der Waals surface area contributed by atoms with E-state index in [2.05, 4.69) is 0 Å². The Balaban J connectivity index is 3.15. The van der Waals surface area contributed by atoms with Gasteiger partial charge in [0.25, 0.3) is 0 Å². The number of alkyl halides is 3. The van der Waals surface area contributed by atoms with E-state index < -0.39 is 11.7 Å². The van der Waals surface area contributed by atoms with Crippen LogP contribution in [0.5, 0.6) is 5.75 Å². The van der Waals surface area contributed by atoms with Gasteiger partial charge in [-0.05, 0) is 31.5 Å². The van der Waals surface area contributed by atoms with Crippen LogP contribution in [-0.4, -0.2) is 13.7 Å². The normalized spacial score (nSPS) is 11.6. The average molecular weight is 233 g/mol. The Bertz CT molecular complexity index is 350. The van der Waals surface area contributed by atoms with Crippen molar-refractivity contribution in [2.75, 3.05) is 13.7 Å². The Hall–Kier alpha value is -1.23. The minimum Gasteiger partial charge on any atom is -0.496 e. The van der Waals surface area contributed by atoms with E-state index in [4.69, 9.17) is 10.5 Å². The Labute approximate surface area is 92.2 Å². The Kier molecular flexibility index (Phi) is 4.18. The molecule has 1 aromatic carbocycles. The molecule has 16 heavy (non-hydrogen) atoms. The van der Waals surface area contributed by atoms with Gasteiger partial charge in [0.15, 0.2) is 0 Å². The van der Waals surface area contributed by atoms with E-state index in [0.717, 1.165) is 6.07 Å². The molecule has 0 aromatic heterocycles. The molecule has 5 heteroatoms. The van der Waals surface area contributed by atoms with Gasteiger partial charge in [0.1, 0.15) is 5.75 Å². The number of nitrogens with two attached hydrogens (primary N) is 1. The summed E-state index contributed by atoms with van der Waals surface area (Å²) in [6.45, 7) is 0.356. The molecule has 90 valence electrons. The molecule has 1 aromatic rings. The number of rotatable bonds is 4. The molecular formula is C11H14F3NO. The average Bonchev–Trinajstić information content (AvgIpc) is 2.24. The lowest BCUT2D eigenvalue weighted by Crippen LogP contribution is -2.11. The van der Waals surface area contributed by atoms with Crippen molar-refractivity contribution in [3.05, 3.63) is 29.3 Å². The van der Waals surface area contributed by atoms with Crippen molar-refractivity contribution >= 4 is 0 Å². The second kappa shape index (κ2) is 5.21. The molecule has 2 N–H and O–H groups in total. The van der Waals surface area contributed by atoms with Crippen molar-refractivity contribution in [2.24, 2.45) is 5.73 Å². The third-order valence-electron chi connectivity index (χ3n) is 2.29. The summed E-state index contributed by atoms with van der Waals surface area (Å²) in [6, 6.07) is 3.93. The van der Waals surface area contributed by atoms with Crippen LogP contribution in [-0.2, 0) is 12.6 Å². The lowest BCUT2D eigenvalue weighted by molar-refractivity contribution is -0.138. The third kappa shape index (κ3) is 2.88. The van der Waals surface area contributed by atoms with Crippen molar-refractivity contribution in [2.45, 2.75) is 19.0 Å². The van der Waals surface area contributed by atoms with E-state index in [1.807, 2.05) is 0 Å². The van der Waals surface area contributed by atoms with Crippen LogP contribution in [0.4, 0.5) is 13.2 Å². The number of hydrogen-bond acceptors (Lipinski definition) is 2. The number of benzene rings is 1. The van der Waals surface area contributed by atoms with Crippen molar-refractivity contribution < 1.29 is 17.9 Å². The van der Waals surface area contributed by atoms with E-state index in [9.17, 15) is 13.2 Å². The molecule has 0 atom stereocenters. The predicted octanol–water partition coefficient (Wildman–Crippen LogP) is 2.61. The second-order valence-electron chi connectivity index (χ2n) is 3.38. The van der Waals surface area contributed by atoms with E-state index >= 15 is 0 Å². The molecule has 0 heterocycles. The number of hydrogen-bond donors (Lipinski definition) is 1. The van der Waals surface area contributed by atoms with Gasteiger partial charge in [-0.25, -0.2) is 0 Å². The Morgan fingerprint density at radius 2 is 2.00 bits per heavy atom. The summed E-state index contributed by atoms with van der Waals surface area (Å²) in [5.74, 6) is 0.267. The first kappa shape index (κ1) is 12.8. The largest absolute Gasteiger partial charge is 0.496 e. The molecule has 0 amide bonds. The van der Waals surface area contributed by atoms with Crippen LogP contribution >= 0.6 is 0 Å². The van der Waals surface area contributed by atoms with Crippen LogP contribution in [0.15, 0.2) is 18.2 Å². The van der Waals surface area contributed by atoms with E-state index in [1.54, 1.807) is 0 Å². The monoisotopic (exact) mass is 233 g/mol. The molecule has 1 rings (SSSR count). The zero-order valence-corrected chi connectivity index (χ0v) is 8.97. The fraction of sp³-hybridized carbons (Fsp3) is 0.455. The first-order chi connectivity index (χ1) is 7.50. The molecule has 0 saturated heterocycles. The van der Waals surface area contributed by atoms with Gasteiger partial charge in [0.05, 0.1) is 12.7 Å². The van der Waals surface area contributed by atoms with Gasteiger partial charge in [-0.15, -0.1) is 0 Å². The molecular weight excluding hydrogens is 219 g/mol.